The maximum Gasteiger partial charge on any atom is 0.376 e. The normalized spacial score (nSPS) is 18.2. The number of hydrogen-bond donors (Lipinski definition) is 3. The zero-order valence-corrected chi connectivity index (χ0v) is 14.5. The van der Waals surface area contributed by atoms with Crippen LogP contribution >= 0.6 is 0 Å². The number of carbonyl (C=O) groups is 3. The number of alkyl halides is 2. The first-order valence-electron chi connectivity index (χ1n) is 8.41. The third kappa shape index (κ3) is 7.33. The molecule has 0 aromatic heterocycles. The second kappa shape index (κ2) is 9.65. The number of aliphatic carboxylic acids is 1. The van der Waals surface area contributed by atoms with Crippen molar-refractivity contribution in [3.05, 3.63) is 0 Å². The first-order valence-corrected chi connectivity index (χ1v) is 8.41. The van der Waals surface area contributed by atoms with Gasteiger partial charge in [0.05, 0.1) is 12.6 Å². The van der Waals surface area contributed by atoms with E-state index in [9.17, 15) is 23.2 Å². The highest BCUT2D eigenvalue weighted by molar-refractivity contribution is 5.88. The van der Waals surface area contributed by atoms with Crippen LogP contribution in [0, 0.1) is 5.92 Å². The molecule has 9 heteroatoms. The summed E-state index contributed by atoms with van der Waals surface area (Å²) in [6, 6.07) is -1.18. The van der Waals surface area contributed by atoms with Gasteiger partial charge >= 0.3 is 11.9 Å². The second-order valence-electron chi connectivity index (χ2n) is 6.45. The first-order chi connectivity index (χ1) is 11.6. The summed E-state index contributed by atoms with van der Waals surface area (Å²) in [5.74, 6) is -7.45. The Morgan fingerprint density at radius 3 is 2.36 bits per heavy atom. The summed E-state index contributed by atoms with van der Waals surface area (Å²) >= 11 is 0. The van der Waals surface area contributed by atoms with Crippen molar-refractivity contribution < 1.29 is 33.0 Å². The van der Waals surface area contributed by atoms with E-state index in [0.29, 0.717) is 12.5 Å². The minimum atomic E-state index is -4.08. The van der Waals surface area contributed by atoms with Gasteiger partial charge in [-0.1, -0.05) is 19.3 Å². The SMILES string of the molecule is CC(=O)NC(C(=O)NCC(F)(F)C(=O)O)C(C)OCC1CCCCC1. The molecule has 0 heterocycles. The molecule has 144 valence electrons. The number of amides is 2. The lowest BCUT2D eigenvalue weighted by atomic mass is 9.90. The van der Waals surface area contributed by atoms with Gasteiger partial charge in [0.25, 0.3) is 0 Å². The van der Waals surface area contributed by atoms with Crippen LogP contribution in [-0.2, 0) is 19.1 Å². The molecule has 7 nitrogen and oxygen atoms in total. The number of nitrogens with one attached hydrogen (secondary N) is 2. The summed E-state index contributed by atoms with van der Waals surface area (Å²) in [4.78, 5) is 33.8. The van der Waals surface area contributed by atoms with Gasteiger partial charge in [0.15, 0.2) is 0 Å². The minimum Gasteiger partial charge on any atom is -0.477 e. The quantitative estimate of drug-likeness (QED) is 0.572. The lowest BCUT2D eigenvalue weighted by Crippen LogP contribution is -2.55. The van der Waals surface area contributed by atoms with Gasteiger partial charge in [0, 0.05) is 13.5 Å². The predicted molar refractivity (Wildman–Crippen MR) is 85.2 cm³/mol. The van der Waals surface area contributed by atoms with Crippen LogP contribution in [0.4, 0.5) is 8.78 Å². The monoisotopic (exact) mass is 364 g/mol. The fourth-order valence-corrected chi connectivity index (χ4v) is 2.74. The predicted octanol–water partition coefficient (Wildman–Crippen LogP) is 1.31. The molecule has 0 aliphatic heterocycles. The fraction of sp³-hybridized carbons (Fsp3) is 0.812. The third-order valence-electron chi connectivity index (χ3n) is 4.23. The van der Waals surface area contributed by atoms with Crippen LogP contribution in [0.5, 0.6) is 0 Å². The molecule has 1 aliphatic carbocycles. The van der Waals surface area contributed by atoms with Crippen molar-refractivity contribution in [2.24, 2.45) is 5.92 Å². The number of carbonyl (C=O) groups excluding carboxylic acids is 2. The maximum absolute atomic E-state index is 13.1. The molecule has 0 aromatic carbocycles. The second-order valence-corrected chi connectivity index (χ2v) is 6.45. The number of rotatable bonds is 9. The summed E-state index contributed by atoms with van der Waals surface area (Å²) in [6.45, 7) is 1.83. The summed E-state index contributed by atoms with van der Waals surface area (Å²) in [7, 11) is 0. The zero-order valence-electron chi connectivity index (χ0n) is 14.5. The number of hydrogen-bond acceptors (Lipinski definition) is 4. The van der Waals surface area contributed by atoms with Gasteiger partial charge in [-0.2, -0.15) is 8.78 Å². The molecule has 0 aromatic rings. The molecule has 0 saturated heterocycles. The summed E-state index contributed by atoms with van der Waals surface area (Å²) in [6.07, 6.45) is 4.79. The maximum atomic E-state index is 13.1. The molecule has 2 atom stereocenters. The molecule has 0 spiro atoms. The molecule has 0 radical (unpaired) electrons. The number of halogens is 2. The molecule has 1 rings (SSSR count). The van der Waals surface area contributed by atoms with Crippen LogP contribution in [0.15, 0.2) is 0 Å². The topological polar surface area (TPSA) is 105 Å². The van der Waals surface area contributed by atoms with E-state index in [1.807, 2.05) is 5.32 Å². The minimum absolute atomic E-state index is 0.383. The highest BCUT2D eigenvalue weighted by atomic mass is 19.3. The Kier molecular flexibility index (Phi) is 8.21. The molecule has 2 amide bonds. The van der Waals surface area contributed by atoms with Gasteiger partial charge in [-0.05, 0) is 25.7 Å². The van der Waals surface area contributed by atoms with Crippen molar-refractivity contribution in [3.8, 4) is 0 Å². The average Bonchev–Trinajstić information content (AvgIpc) is 2.56. The molecule has 2 unspecified atom stereocenters. The molecular weight excluding hydrogens is 338 g/mol. The van der Waals surface area contributed by atoms with Gasteiger partial charge < -0.3 is 20.5 Å². The van der Waals surface area contributed by atoms with Crippen LogP contribution in [0.3, 0.4) is 0 Å². The van der Waals surface area contributed by atoms with E-state index in [1.165, 1.54) is 13.3 Å². The Bertz CT molecular complexity index is 481. The summed E-state index contributed by atoms with van der Waals surface area (Å²) in [5.41, 5.74) is 0. The van der Waals surface area contributed by atoms with E-state index >= 15 is 0 Å². The van der Waals surface area contributed by atoms with Crippen LogP contribution in [0.25, 0.3) is 0 Å². The first kappa shape index (κ1) is 21.3. The number of carboxylic acids is 1. The Hall–Kier alpha value is -1.77. The fourth-order valence-electron chi connectivity index (χ4n) is 2.74. The molecule has 3 N–H and O–H groups in total. The van der Waals surface area contributed by atoms with Gasteiger partial charge in [-0.25, -0.2) is 4.79 Å². The summed E-state index contributed by atoms with van der Waals surface area (Å²) < 4.78 is 31.8. The van der Waals surface area contributed by atoms with Crippen LogP contribution < -0.4 is 10.6 Å². The highest BCUT2D eigenvalue weighted by Gasteiger charge is 2.40. The largest absolute Gasteiger partial charge is 0.477 e. The van der Waals surface area contributed by atoms with E-state index in [-0.39, 0.29) is 0 Å². The van der Waals surface area contributed by atoms with Crippen molar-refractivity contribution >= 4 is 17.8 Å². The van der Waals surface area contributed by atoms with Gasteiger partial charge in [-0.3, -0.25) is 9.59 Å². The van der Waals surface area contributed by atoms with Crippen molar-refractivity contribution in [1.29, 1.82) is 0 Å². The molecular formula is C16H26F2N2O5. The third-order valence-corrected chi connectivity index (χ3v) is 4.23. The molecule has 1 saturated carbocycles. The van der Waals surface area contributed by atoms with E-state index in [1.54, 1.807) is 6.92 Å². The van der Waals surface area contributed by atoms with E-state index in [0.717, 1.165) is 25.7 Å². The van der Waals surface area contributed by atoms with Crippen LogP contribution in [0.2, 0.25) is 0 Å². The number of carboxylic acid groups (broad SMARTS) is 1. The standard InChI is InChI=1S/C16H26F2N2O5/c1-10(25-8-12-6-4-3-5-7-12)13(20-11(2)21)14(22)19-9-16(17,18)15(23)24/h10,12-13H,3-9H2,1-2H3,(H,19,22)(H,20,21)(H,23,24). The van der Waals surface area contributed by atoms with Gasteiger partial charge in [0.1, 0.15) is 6.04 Å². The Morgan fingerprint density at radius 2 is 1.84 bits per heavy atom. The van der Waals surface area contributed by atoms with Gasteiger partial charge in [0.2, 0.25) is 11.8 Å². The Labute approximate surface area is 145 Å². The summed E-state index contributed by atoms with van der Waals surface area (Å²) in [5, 5.41) is 12.6. The van der Waals surface area contributed by atoms with E-state index in [4.69, 9.17) is 9.84 Å². The lowest BCUT2D eigenvalue weighted by molar-refractivity contribution is -0.164. The Balaban J connectivity index is 2.59. The molecule has 1 aliphatic rings. The molecule has 0 bridgehead atoms. The van der Waals surface area contributed by atoms with Gasteiger partial charge in [-0.15, -0.1) is 0 Å². The van der Waals surface area contributed by atoms with Crippen LogP contribution in [0.1, 0.15) is 46.0 Å². The lowest BCUT2D eigenvalue weighted by Gasteiger charge is -2.28. The zero-order chi connectivity index (χ0) is 19.0. The van der Waals surface area contributed by atoms with Crippen molar-refractivity contribution in [2.75, 3.05) is 13.2 Å². The average molecular weight is 364 g/mol. The Morgan fingerprint density at radius 1 is 1.24 bits per heavy atom. The number of ether oxygens (including phenoxy) is 1. The molecule has 1 fully saturated rings. The smallest absolute Gasteiger partial charge is 0.376 e. The molecule has 25 heavy (non-hydrogen) atoms. The van der Waals surface area contributed by atoms with Crippen molar-refractivity contribution in [2.45, 2.75) is 64.0 Å². The van der Waals surface area contributed by atoms with Crippen molar-refractivity contribution in [1.82, 2.24) is 10.6 Å². The van der Waals surface area contributed by atoms with Crippen LogP contribution in [-0.4, -0.2) is 54.1 Å². The van der Waals surface area contributed by atoms with E-state index in [2.05, 4.69) is 5.32 Å². The van der Waals surface area contributed by atoms with Crippen molar-refractivity contribution in [3.63, 3.8) is 0 Å². The van der Waals surface area contributed by atoms with E-state index < -0.39 is 42.4 Å². The highest BCUT2D eigenvalue weighted by Crippen LogP contribution is 2.24.